The van der Waals surface area contributed by atoms with E-state index < -0.39 is 0 Å². The molecule has 2 fully saturated rings. The van der Waals surface area contributed by atoms with Gasteiger partial charge in [0.05, 0.1) is 18.3 Å². The van der Waals surface area contributed by atoms with Gasteiger partial charge in [0.15, 0.2) is 0 Å². The minimum absolute atomic E-state index is 0.0341. The molecular formula is C16H30N2O2. The Kier molecular flexibility index (Phi) is 5.85. The number of rotatable bonds is 7. The van der Waals surface area contributed by atoms with Gasteiger partial charge in [-0.2, -0.15) is 0 Å². The maximum atomic E-state index is 12.6. The molecule has 0 radical (unpaired) electrons. The van der Waals surface area contributed by atoms with E-state index in [4.69, 9.17) is 4.74 Å². The monoisotopic (exact) mass is 282 g/mol. The van der Waals surface area contributed by atoms with E-state index >= 15 is 0 Å². The second kappa shape index (κ2) is 7.41. The van der Waals surface area contributed by atoms with E-state index in [0.29, 0.717) is 17.9 Å². The van der Waals surface area contributed by atoms with Crippen LogP contribution in [0, 0.1) is 5.92 Å². The third kappa shape index (κ3) is 3.73. The highest BCUT2D eigenvalue weighted by Gasteiger charge is 2.39. The molecule has 116 valence electrons. The minimum Gasteiger partial charge on any atom is -0.378 e. The lowest BCUT2D eigenvalue weighted by atomic mass is 10.1. The summed E-state index contributed by atoms with van der Waals surface area (Å²) in [6.45, 7) is 8.28. The summed E-state index contributed by atoms with van der Waals surface area (Å²) >= 11 is 0. The molecule has 1 N–H and O–H groups in total. The van der Waals surface area contributed by atoms with E-state index in [1.54, 1.807) is 0 Å². The van der Waals surface area contributed by atoms with Crippen molar-refractivity contribution in [2.45, 2.75) is 77.6 Å². The van der Waals surface area contributed by atoms with Gasteiger partial charge in [0.2, 0.25) is 5.91 Å². The SMILES string of the molecule is CCCCC1NC(C(C)C)N(CCC2CCCO2)C1=O. The Bertz CT molecular complexity index is 314. The van der Waals surface area contributed by atoms with Gasteiger partial charge in [-0.25, -0.2) is 0 Å². The van der Waals surface area contributed by atoms with E-state index in [1.807, 2.05) is 0 Å². The van der Waals surface area contributed by atoms with Gasteiger partial charge >= 0.3 is 0 Å². The largest absolute Gasteiger partial charge is 0.378 e. The van der Waals surface area contributed by atoms with Crippen LogP contribution in [0.5, 0.6) is 0 Å². The third-order valence-electron chi connectivity index (χ3n) is 4.48. The van der Waals surface area contributed by atoms with Crippen molar-refractivity contribution in [3.05, 3.63) is 0 Å². The molecule has 2 heterocycles. The molecule has 0 aromatic rings. The van der Waals surface area contributed by atoms with Crippen LogP contribution in [-0.2, 0) is 9.53 Å². The zero-order chi connectivity index (χ0) is 14.5. The summed E-state index contributed by atoms with van der Waals surface area (Å²) in [5.41, 5.74) is 0. The third-order valence-corrected chi connectivity index (χ3v) is 4.48. The molecule has 2 aliphatic rings. The summed E-state index contributed by atoms with van der Waals surface area (Å²) in [5.74, 6) is 0.755. The summed E-state index contributed by atoms with van der Waals surface area (Å²) in [6.07, 6.45) is 7.11. The average Bonchev–Trinajstić information content (AvgIpc) is 3.03. The molecule has 2 aliphatic heterocycles. The Morgan fingerprint density at radius 1 is 1.40 bits per heavy atom. The van der Waals surface area contributed by atoms with Gasteiger partial charge in [-0.3, -0.25) is 10.1 Å². The number of carbonyl (C=O) groups is 1. The van der Waals surface area contributed by atoms with E-state index in [2.05, 4.69) is 31.0 Å². The Morgan fingerprint density at radius 2 is 2.20 bits per heavy atom. The maximum absolute atomic E-state index is 12.6. The van der Waals surface area contributed by atoms with Crippen LogP contribution in [0.4, 0.5) is 0 Å². The van der Waals surface area contributed by atoms with E-state index in [9.17, 15) is 4.79 Å². The molecule has 2 rings (SSSR count). The maximum Gasteiger partial charge on any atom is 0.241 e. The molecule has 4 heteroatoms. The van der Waals surface area contributed by atoms with Crippen LogP contribution in [0.2, 0.25) is 0 Å². The summed E-state index contributed by atoms with van der Waals surface area (Å²) in [5, 5.41) is 3.54. The van der Waals surface area contributed by atoms with Crippen molar-refractivity contribution in [2.24, 2.45) is 5.92 Å². The first-order valence-corrected chi connectivity index (χ1v) is 8.31. The average molecular weight is 282 g/mol. The Hall–Kier alpha value is -0.610. The Labute approximate surface area is 123 Å². The van der Waals surface area contributed by atoms with Gasteiger partial charge in [0.25, 0.3) is 0 Å². The highest BCUT2D eigenvalue weighted by atomic mass is 16.5. The fraction of sp³-hybridized carbons (Fsp3) is 0.938. The quantitative estimate of drug-likeness (QED) is 0.780. The van der Waals surface area contributed by atoms with Crippen molar-refractivity contribution in [3.8, 4) is 0 Å². The summed E-state index contributed by atoms with van der Waals surface area (Å²) < 4.78 is 5.68. The summed E-state index contributed by atoms with van der Waals surface area (Å²) in [7, 11) is 0. The van der Waals surface area contributed by atoms with E-state index in [-0.39, 0.29) is 12.2 Å². The number of amides is 1. The van der Waals surface area contributed by atoms with Gasteiger partial charge in [0, 0.05) is 13.2 Å². The molecule has 4 nitrogen and oxygen atoms in total. The molecule has 3 unspecified atom stereocenters. The number of nitrogens with one attached hydrogen (secondary N) is 1. The van der Waals surface area contributed by atoms with Crippen LogP contribution in [0.1, 0.15) is 59.3 Å². The lowest BCUT2D eigenvalue weighted by Crippen LogP contribution is -2.42. The van der Waals surface area contributed by atoms with Gasteiger partial charge in [0.1, 0.15) is 0 Å². The number of hydrogen-bond acceptors (Lipinski definition) is 3. The van der Waals surface area contributed by atoms with Crippen molar-refractivity contribution in [3.63, 3.8) is 0 Å². The number of ether oxygens (including phenoxy) is 1. The molecule has 3 atom stereocenters. The second-order valence-corrected chi connectivity index (χ2v) is 6.51. The number of carbonyl (C=O) groups excluding carboxylic acids is 1. The topological polar surface area (TPSA) is 41.6 Å². The number of unbranched alkanes of at least 4 members (excludes halogenated alkanes) is 1. The highest BCUT2D eigenvalue weighted by molar-refractivity contribution is 5.84. The molecule has 0 aromatic carbocycles. The van der Waals surface area contributed by atoms with Gasteiger partial charge < -0.3 is 9.64 Å². The van der Waals surface area contributed by atoms with E-state index in [1.165, 1.54) is 6.42 Å². The summed E-state index contributed by atoms with van der Waals surface area (Å²) in [6, 6.07) is 0.0341. The normalized spacial score (nSPS) is 30.7. The Morgan fingerprint density at radius 3 is 2.80 bits per heavy atom. The first kappa shape index (κ1) is 15.8. The summed E-state index contributed by atoms with van der Waals surface area (Å²) in [4.78, 5) is 14.6. The predicted octanol–water partition coefficient (Wildman–Crippen LogP) is 2.53. The molecule has 0 saturated carbocycles. The lowest BCUT2D eigenvalue weighted by molar-refractivity contribution is -0.131. The second-order valence-electron chi connectivity index (χ2n) is 6.51. The molecule has 0 aliphatic carbocycles. The molecule has 2 saturated heterocycles. The van der Waals surface area contributed by atoms with Crippen LogP contribution >= 0.6 is 0 Å². The molecule has 0 aromatic heterocycles. The van der Waals surface area contributed by atoms with Crippen LogP contribution in [0.15, 0.2) is 0 Å². The van der Waals surface area contributed by atoms with Crippen molar-refractivity contribution in [2.75, 3.05) is 13.2 Å². The van der Waals surface area contributed by atoms with Crippen LogP contribution < -0.4 is 5.32 Å². The Balaban J connectivity index is 1.90. The molecular weight excluding hydrogens is 252 g/mol. The van der Waals surface area contributed by atoms with Crippen molar-refractivity contribution >= 4 is 5.91 Å². The zero-order valence-electron chi connectivity index (χ0n) is 13.2. The fourth-order valence-electron chi connectivity index (χ4n) is 3.28. The number of nitrogens with zero attached hydrogens (tertiary/aromatic N) is 1. The van der Waals surface area contributed by atoms with Crippen LogP contribution in [0.3, 0.4) is 0 Å². The fourth-order valence-corrected chi connectivity index (χ4v) is 3.28. The molecule has 0 bridgehead atoms. The lowest BCUT2D eigenvalue weighted by Gasteiger charge is -2.28. The zero-order valence-corrected chi connectivity index (χ0v) is 13.2. The first-order chi connectivity index (χ1) is 9.63. The molecule has 20 heavy (non-hydrogen) atoms. The van der Waals surface area contributed by atoms with Crippen molar-refractivity contribution in [1.82, 2.24) is 10.2 Å². The minimum atomic E-state index is 0.0341. The van der Waals surface area contributed by atoms with E-state index in [0.717, 1.165) is 45.3 Å². The smallest absolute Gasteiger partial charge is 0.241 e. The first-order valence-electron chi connectivity index (χ1n) is 8.31. The van der Waals surface area contributed by atoms with Gasteiger partial charge in [-0.1, -0.05) is 33.6 Å². The predicted molar refractivity (Wildman–Crippen MR) is 80.4 cm³/mol. The van der Waals surface area contributed by atoms with Gasteiger partial charge in [-0.05, 0) is 31.6 Å². The standard InChI is InChI=1S/C16H30N2O2/c1-4-5-8-14-16(19)18(15(17-14)12(2)3)10-9-13-7-6-11-20-13/h12-15,17H,4-11H2,1-3H3. The van der Waals surface area contributed by atoms with Crippen LogP contribution in [-0.4, -0.2) is 42.3 Å². The molecule has 1 amide bonds. The number of hydrogen-bond donors (Lipinski definition) is 1. The van der Waals surface area contributed by atoms with Crippen molar-refractivity contribution in [1.29, 1.82) is 0 Å². The highest BCUT2D eigenvalue weighted by Crippen LogP contribution is 2.23. The van der Waals surface area contributed by atoms with Crippen LogP contribution in [0.25, 0.3) is 0 Å². The van der Waals surface area contributed by atoms with Gasteiger partial charge in [-0.15, -0.1) is 0 Å². The van der Waals surface area contributed by atoms with Crippen molar-refractivity contribution < 1.29 is 9.53 Å². The molecule has 0 spiro atoms.